The molecule has 1 aliphatic heterocycles. The van der Waals surface area contributed by atoms with E-state index in [1.807, 2.05) is 20.1 Å². The average molecular weight is 474 g/mol. The van der Waals surface area contributed by atoms with Crippen LogP contribution < -0.4 is 22.1 Å². The normalized spacial score (nSPS) is 18.7. The van der Waals surface area contributed by atoms with E-state index in [0.29, 0.717) is 31.6 Å². The fraction of sp³-hybridized carbons (Fsp3) is 0.750. The second-order valence-electron chi connectivity index (χ2n) is 8.34. The molecule has 1 fully saturated rings. The lowest BCUT2D eigenvalue weighted by molar-refractivity contribution is -0.149. The number of thioether (sulfide) groups is 1. The minimum Gasteiger partial charge on any atom is -0.480 e. The maximum Gasteiger partial charge on any atom is 0.326 e. The van der Waals surface area contributed by atoms with Crippen LogP contribution in [0.2, 0.25) is 0 Å². The number of nitrogens with one attached hydrogen (secondary N) is 2. The van der Waals surface area contributed by atoms with Crippen LogP contribution in [0, 0.1) is 5.92 Å². The lowest BCUT2D eigenvalue weighted by atomic mass is 10.0. The maximum absolute atomic E-state index is 13.1. The van der Waals surface area contributed by atoms with E-state index in [4.69, 9.17) is 11.5 Å². The Morgan fingerprint density at radius 2 is 1.75 bits per heavy atom. The lowest BCUT2D eigenvalue weighted by Gasteiger charge is -2.29. The van der Waals surface area contributed by atoms with Gasteiger partial charge in [0, 0.05) is 6.54 Å². The molecule has 0 bridgehead atoms. The number of aliphatic carboxylic acids is 1. The van der Waals surface area contributed by atoms with Gasteiger partial charge >= 0.3 is 5.97 Å². The number of nitrogens with zero attached hydrogens (tertiary/aromatic N) is 1. The van der Waals surface area contributed by atoms with Gasteiger partial charge in [-0.25, -0.2) is 4.79 Å². The van der Waals surface area contributed by atoms with Gasteiger partial charge in [0.15, 0.2) is 0 Å². The molecule has 182 valence electrons. The minimum absolute atomic E-state index is 0.0359. The Morgan fingerprint density at radius 3 is 2.28 bits per heavy atom. The highest BCUT2D eigenvalue weighted by atomic mass is 32.2. The molecule has 0 saturated carbocycles. The Kier molecular flexibility index (Phi) is 11.5. The van der Waals surface area contributed by atoms with Gasteiger partial charge in [-0.05, 0) is 43.6 Å². The van der Waals surface area contributed by atoms with E-state index in [1.54, 1.807) is 0 Å². The molecule has 1 saturated heterocycles. The number of carboxylic acids is 1. The number of hydrogen-bond donors (Lipinski definition) is 5. The van der Waals surface area contributed by atoms with Crippen LogP contribution >= 0.6 is 11.8 Å². The topological polar surface area (TPSA) is 185 Å². The van der Waals surface area contributed by atoms with Gasteiger partial charge < -0.3 is 32.1 Å². The first-order chi connectivity index (χ1) is 15.0. The van der Waals surface area contributed by atoms with Gasteiger partial charge in [-0.15, -0.1) is 0 Å². The summed E-state index contributed by atoms with van der Waals surface area (Å²) in [6, 6.07) is -3.99. The van der Waals surface area contributed by atoms with Crippen LogP contribution in [-0.2, 0) is 24.0 Å². The Hall–Kier alpha value is -2.34. The predicted molar refractivity (Wildman–Crippen MR) is 120 cm³/mol. The van der Waals surface area contributed by atoms with Crippen molar-refractivity contribution < 1.29 is 29.1 Å². The zero-order valence-electron chi connectivity index (χ0n) is 18.8. The molecule has 0 aromatic carbocycles. The number of carbonyl (C=O) groups is 5. The van der Waals surface area contributed by atoms with E-state index in [-0.39, 0.29) is 18.8 Å². The van der Waals surface area contributed by atoms with E-state index in [9.17, 15) is 29.1 Å². The Bertz CT molecular complexity index is 704. The van der Waals surface area contributed by atoms with E-state index in [1.165, 1.54) is 16.7 Å². The third-order valence-electron chi connectivity index (χ3n) is 5.14. The van der Waals surface area contributed by atoms with Crippen LogP contribution in [0.5, 0.6) is 0 Å². The van der Waals surface area contributed by atoms with Gasteiger partial charge in [0.1, 0.15) is 18.1 Å². The molecular weight excluding hydrogens is 438 g/mol. The molecule has 7 N–H and O–H groups in total. The predicted octanol–water partition coefficient (Wildman–Crippen LogP) is -0.966. The molecule has 1 heterocycles. The van der Waals surface area contributed by atoms with Crippen molar-refractivity contribution in [2.24, 2.45) is 17.4 Å². The molecule has 1 aliphatic rings. The molecular formula is C20H35N5O6S. The fourth-order valence-electron chi connectivity index (χ4n) is 3.54. The van der Waals surface area contributed by atoms with Gasteiger partial charge in [-0.1, -0.05) is 13.8 Å². The first-order valence-corrected chi connectivity index (χ1v) is 12.0. The smallest absolute Gasteiger partial charge is 0.326 e. The van der Waals surface area contributed by atoms with Crippen LogP contribution in [0.4, 0.5) is 0 Å². The molecule has 4 unspecified atom stereocenters. The molecule has 4 atom stereocenters. The molecule has 0 spiro atoms. The summed E-state index contributed by atoms with van der Waals surface area (Å²) in [5.41, 5.74) is 10.8. The zero-order chi connectivity index (χ0) is 24.4. The van der Waals surface area contributed by atoms with Crippen molar-refractivity contribution >= 4 is 41.4 Å². The molecule has 0 aliphatic carbocycles. The van der Waals surface area contributed by atoms with Gasteiger partial charge in [0.25, 0.3) is 0 Å². The van der Waals surface area contributed by atoms with Crippen molar-refractivity contribution in [1.29, 1.82) is 0 Å². The van der Waals surface area contributed by atoms with Crippen molar-refractivity contribution in [3.05, 3.63) is 0 Å². The molecule has 32 heavy (non-hydrogen) atoms. The second kappa shape index (κ2) is 13.3. The van der Waals surface area contributed by atoms with Gasteiger partial charge in [-0.2, -0.15) is 11.8 Å². The van der Waals surface area contributed by atoms with Gasteiger partial charge in [0.05, 0.1) is 12.5 Å². The standard InChI is InChI=1S/C20H35N5O6S/c1-11(2)9-14(24-17(27)12(21)10-16(22)26)18(28)23-13(6-8-32-3)19(29)25-7-4-5-15(25)20(30)31/h11-15H,4-10,21H2,1-3H3,(H2,22,26)(H,23,28)(H,24,27)(H,30,31). The molecule has 12 heteroatoms. The number of carboxylic acid groups (broad SMARTS) is 1. The summed E-state index contributed by atoms with van der Waals surface area (Å²) in [5, 5.41) is 14.6. The lowest BCUT2D eigenvalue weighted by Crippen LogP contribution is -2.57. The first kappa shape index (κ1) is 27.7. The van der Waals surface area contributed by atoms with Gasteiger partial charge in [-0.3, -0.25) is 19.2 Å². The maximum atomic E-state index is 13.1. The fourth-order valence-corrected chi connectivity index (χ4v) is 4.02. The van der Waals surface area contributed by atoms with E-state index in [2.05, 4.69) is 10.6 Å². The third kappa shape index (κ3) is 8.65. The highest BCUT2D eigenvalue weighted by molar-refractivity contribution is 7.98. The minimum atomic E-state index is -1.19. The zero-order valence-corrected chi connectivity index (χ0v) is 19.7. The van der Waals surface area contributed by atoms with Crippen LogP contribution in [0.3, 0.4) is 0 Å². The van der Waals surface area contributed by atoms with Crippen molar-refractivity contribution in [3.63, 3.8) is 0 Å². The number of primary amides is 1. The van der Waals surface area contributed by atoms with E-state index in [0.717, 1.165) is 0 Å². The summed E-state index contributed by atoms with van der Waals surface area (Å²) >= 11 is 1.49. The Labute approximate surface area is 192 Å². The number of rotatable bonds is 13. The van der Waals surface area contributed by atoms with Crippen molar-refractivity contribution in [2.75, 3.05) is 18.6 Å². The van der Waals surface area contributed by atoms with Crippen LogP contribution in [0.15, 0.2) is 0 Å². The molecule has 0 aromatic heterocycles. The summed E-state index contributed by atoms with van der Waals surface area (Å²) in [6.07, 6.45) is 3.05. The summed E-state index contributed by atoms with van der Waals surface area (Å²) in [7, 11) is 0. The largest absolute Gasteiger partial charge is 0.480 e. The van der Waals surface area contributed by atoms with Crippen molar-refractivity contribution in [2.45, 2.75) is 70.1 Å². The number of nitrogens with two attached hydrogens (primary N) is 2. The summed E-state index contributed by atoms with van der Waals surface area (Å²) in [4.78, 5) is 62.2. The highest BCUT2D eigenvalue weighted by Crippen LogP contribution is 2.20. The number of likely N-dealkylation sites (tertiary alicyclic amines) is 1. The molecule has 4 amide bonds. The quantitative estimate of drug-likeness (QED) is 0.226. The van der Waals surface area contributed by atoms with Crippen molar-refractivity contribution in [1.82, 2.24) is 15.5 Å². The van der Waals surface area contributed by atoms with Crippen LogP contribution in [-0.4, -0.2) is 82.3 Å². The summed E-state index contributed by atoms with van der Waals surface area (Å²) in [5.74, 6) is -2.90. The van der Waals surface area contributed by atoms with Crippen molar-refractivity contribution in [3.8, 4) is 0 Å². The highest BCUT2D eigenvalue weighted by Gasteiger charge is 2.38. The average Bonchev–Trinajstić information content (AvgIpc) is 3.19. The Balaban J connectivity index is 2.97. The van der Waals surface area contributed by atoms with Crippen LogP contribution in [0.1, 0.15) is 46.0 Å². The first-order valence-electron chi connectivity index (χ1n) is 10.6. The SMILES string of the molecule is CSCCC(NC(=O)C(CC(C)C)NC(=O)C(N)CC(N)=O)C(=O)N1CCCC1C(=O)O. The van der Waals surface area contributed by atoms with E-state index >= 15 is 0 Å². The molecule has 0 radical (unpaired) electrons. The molecule has 0 aromatic rings. The monoisotopic (exact) mass is 473 g/mol. The third-order valence-corrected chi connectivity index (χ3v) is 5.79. The summed E-state index contributed by atoms with van der Waals surface area (Å²) in [6.45, 7) is 4.05. The number of hydrogen-bond acceptors (Lipinski definition) is 7. The second-order valence-corrected chi connectivity index (χ2v) is 9.32. The van der Waals surface area contributed by atoms with Crippen LogP contribution in [0.25, 0.3) is 0 Å². The van der Waals surface area contributed by atoms with Gasteiger partial charge in [0.2, 0.25) is 23.6 Å². The molecule has 11 nitrogen and oxygen atoms in total. The number of amides is 4. The molecule has 1 rings (SSSR count). The Morgan fingerprint density at radius 1 is 1.12 bits per heavy atom. The van der Waals surface area contributed by atoms with E-state index < -0.39 is 53.8 Å². The number of carbonyl (C=O) groups excluding carboxylic acids is 4. The summed E-state index contributed by atoms with van der Waals surface area (Å²) < 4.78 is 0.